The Morgan fingerprint density at radius 1 is 1.24 bits per heavy atom. The summed E-state index contributed by atoms with van der Waals surface area (Å²) in [6.45, 7) is 0. The number of nitrogens with two attached hydrogens (primary N) is 1. The molecule has 17 heavy (non-hydrogen) atoms. The van der Waals surface area contributed by atoms with Crippen molar-refractivity contribution in [3.8, 4) is 0 Å². The number of ketones is 1. The van der Waals surface area contributed by atoms with Gasteiger partial charge in [0.2, 0.25) is 0 Å². The zero-order valence-corrected chi connectivity index (χ0v) is 10.6. The van der Waals surface area contributed by atoms with Crippen molar-refractivity contribution in [2.24, 2.45) is 0 Å². The Bertz CT molecular complexity index is 555. The maximum absolute atomic E-state index is 12.1. The van der Waals surface area contributed by atoms with Gasteiger partial charge in [0.15, 0.2) is 5.78 Å². The van der Waals surface area contributed by atoms with Gasteiger partial charge < -0.3 is 5.73 Å². The average molecular weight is 291 g/mol. The Kier molecular flexibility index (Phi) is 3.54. The highest BCUT2D eigenvalue weighted by atomic mass is 79.9. The molecule has 4 heteroatoms. The molecular formula is C13H11BrN2O. The van der Waals surface area contributed by atoms with Crippen LogP contribution in [0.4, 0.5) is 5.82 Å². The maximum atomic E-state index is 12.1. The minimum absolute atomic E-state index is 0.0252. The third-order valence-corrected chi connectivity index (χ3v) is 3.14. The first-order valence-corrected chi connectivity index (χ1v) is 5.95. The molecule has 0 unspecified atom stereocenters. The lowest BCUT2D eigenvalue weighted by molar-refractivity contribution is 0.0992. The number of rotatable bonds is 3. The summed E-state index contributed by atoms with van der Waals surface area (Å²) in [6, 6.07) is 10.9. The number of pyridine rings is 1. The van der Waals surface area contributed by atoms with Gasteiger partial charge >= 0.3 is 0 Å². The van der Waals surface area contributed by atoms with E-state index in [-0.39, 0.29) is 12.2 Å². The highest BCUT2D eigenvalue weighted by molar-refractivity contribution is 9.10. The summed E-state index contributed by atoms with van der Waals surface area (Å²) >= 11 is 3.36. The Morgan fingerprint density at radius 2 is 2.00 bits per heavy atom. The second kappa shape index (κ2) is 5.10. The maximum Gasteiger partial charge on any atom is 0.168 e. The Labute approximate surface area is 108 Å². The van der Waals surface area contributed by atoms with Gasteiger partial charge in [0.1, 0.15) is 5.82 Å². The normalized spacial score (nSPS) is 10.2. The molecule has 0 aliphatic rings. The number of Topliss-reactive ketones (excluding diaryl/α,β-unsaturated/α-hetero) is 1. The second-order valence-corrected chi connectivity index (χ2v) is 4.48. The van der Waals surface area contributed by atoms with Crippen LogP contribution in [0.5, 0.6) is 0 Å². The summed E-state index contributed by atoms with van der Waals surface area (Å²) in [5, 5.41) is 0. The summed E-state index contributed by atoms with van der Waals surface area (Å²) in [6.07, 6.45) is 1.88. The molecule has 86 valence electrons. The molecule has 0 radical (unpaired) electrons. The van der Waals surface area contributed by atoms with Gasteiger partial charge in [0.25, 0.3) is 0 Å². The van der Waals surface area contributed by atoms with Crippen LogP contribution in [0.2, 0.25) is 0 Å². The molecule has 2 rings (SSSR count). The van der Waals surface area contributed by atoms with Crippen LogP contribution in [-0.4, -0.2) is 10.8 Å². The van der Waals surface area contributed by atoms with E-state index >= 15 is 0 Å². The first kappa shape index (κ1) is 11.8. The molecule has 0 fully saturated rings. The van der Waals surface area contributed by atoms with Gasteiger partial charge in [-0.25, -0.2) is 4.98 Å². The van der Waals surface area contributed by atoms with E-state index in [9.17, 15) is 4.79 Å². The van der Waals surface area contributed by atoms with Crippen molar-refractivity contribution in [1.82, 2.24) is 4.98 Å². The molecule has 0 aliphatic carbocycles. The fourth-order valence-corrected chi connectivity index (χ4v) is 2.06. The van der Waals surface area contributed by atoms with Crippen molar-refractivity contribution in [3.05, 3.63) is 58.2 Å². The number of benzene rings is 1. The van der Waals surface area contributed by atoms with E-state index in [2.05, 4.69) is 20.9 Å². The zero-order valence-electron chi connectivity index (χ0n) is 9.06. The van der Waals surface area contributed by atoms with Crippen molar-refractivity contribution in [3.63, 3.8) is 0 Å². The third-order valence-electron chi connectivity index (χ3n) is 2.45. The Hall–Kier alpha value is -1.68. The Morgan fingerprint density at radius 3 is 2.71 bits per heavy atom. The van der Waals surface area contributed by atoms with E-state index in [1.807, 2.05) is 24.3 Å². The van der Waals surface area contributed by atoms with Crippen LogP contribution in [-0.2, 0) is 6.42 Å². The molecule has 0 amide bonds. The number of carbonyl (C=O) groups excluding carboxylic acids is 1. The number of halogens is 1. The standard InChI is InChI=1S/C13H11BrN2O/c14-11-6-2-1-5-10(11)12(17)8-9-4-3-7-16-13(9)15/h1-7H,8H2,(H2,15,16). The van der Waals surface area contributed by atoms with Gasteiger partial charge in [-0.3, -0.25) is 4.79 Å². The van der Waals surface area contributed by atoms with Crippen molar-refractivity contribution >= 4 is 27.5 Å². The van der Waals surface area contributed by atoms with E-state index in [1.54, 1.807) is 18.3 Å². The number of anilines is 1. The van der Waals surface area contributed by atoms with Gasteiger partial charge in [-0.15, -0.1) is 0 Å². The van der Waals surface area contributed by atoms with Crippen LogP contribution in [0.3, 0.4) is 0 Å². The molecule has 1 aromatic carbocycles. The van der Waals surface area contributed by atoms with Gasteiger partial charge in [-0.1, -0.05) is 40.2 Å². The van der Waals surface area contributed by atoms with E-state index < -0.39 is 0 Å². The van der Waals surface area contributed by atoms with Gasteiger partial charge in [-0.05, 0) is 12.1 Å². The molecule has 3 nitrogen and oxygen atoms in total. The van der Waals surface area contributed by atoms with Crippen molar-refractivity contribution in [1.29, 1.82) is 0 Å². The van der Waals surface area contributed by atoms with Crippen molar-refractivity contribution in [2.75, 3.05) is 5.73 Å². The highest BCUT2D eigenvalue weighted by Gasteiger charge is 2.11. The van der Waals surface area contributed by atoms with Crippen LogP contribution in [0.15, 0.2) is 47.1 Å². The Balaban J connectivity index is 2.24. The van der Waals surface area contributed by atoms with E-state index in [1.165, 1.54) is 0 Å². The summed E-state index contributed by atoms with van der Waals surface area (Å²) < 4.78 is 0.799. The molecule has 0 saturated heterocycles. The molecular weight excluding hydrogens is 280 g/mol. The van der Waals surface area contributed by atoms with Crippen LogP contribution in [0.25, 0.3) is 0 Å². The van der Waals surface area contributed by atoms with Crippen molar-refractivity contribution < 1.29 is 4.79 Å². The third kappa shape index (κ3) is 2.71. The predicted molar refractivity (Wildman–Crippen MR) is 70.8 cm³/mol. The molecule has 2 aromatic rings. The van der Waals surface area contributed by atoms with Crippen LogP contribution in [0.1, 0.15) is 15.9 Å². The molecule has 1 aromatic heterocycles. The summed E-state index contributed by atoms with van der Waals surface area (Å²) in [5.41, 5.74) is 7.13. The fraction of sp³-hybridized carbons (Fsp3) is 0.0769. The van der Waals surface area contributed by atoms with E-state index in [0.717, 1.165) is 10.0 Å². The fourth-order valence-electron chi connectivity index (χ4n) is 1.56. The molecule has 0 bridgehead atoms. The first-order valence-electron chi connectivity index (χ1n) is 5.15. The monoisotopic (exact) mass is 290 g/mol. The molecule has 2 N–H and O–H groups in total. The number of aromatic nitrogens is 1. The van der Waals surface area contributed by atoms with E-state index in [0.29, 0.717) is 11.4 Å². The summed E-state index contributed by atoms with van der Waals surface area (Å²) in [5.74, 6) is 0.435. The SMILES string of the molecule is Nc1ncccc1CC(=O)c1ccccc1Br. The average Bonchev–Trinajstić information content (AvgIpc) is 2.32. The number of nitrogens with zero attached hydrogens (tertiary/aromatic N) is 1. The minimum Gasteiger partial charge on any atom is -0.383 e. The lowest BCUT2D eigenvalue weighted by atomic mass is 10.0. The van der Waals surface area contributed by atoms with Gasteiger partial charge in [0, 0.05) is 28.2 Å². The van der Waals surface area contributed by atoms with Gasteiger partial charge in [-0.2, -0.15) is 0 Å². The zero-order chi connectivity index (χ0) is 12.3. The quantitative estimate of drug-likeness (QED) is 0.885. The number of hydrogen-bond acceptors (Lipinski definition) is 3. The number of hydrogen-bond donors (Lipinski definition) is 1. The molecule has 0 saturated carbocycles. The number of carbonyl (C=O) groups is 1. The van der Waals surface area contributed by atoms with Crippen LogP contribution < -0.4 is 5.73 Å². The largest absolute Gasteiger partial charge is 0.383 e. The first-order chi connectivity index (χ1) is 8.18. The predicted octanol–water partition coefficient (Wildman–Crippen LogP) is 2.85. The van der Waals surface area contributed by atoms with Gasteiger partial charge in [0.05, 0.1) is 0 Å². The summed E-state index contributed by atoms with van der Waals surface area (Å²) in [4.78, 5) is 16.0. The van der Waals surface area contributed by atoms with Crippen LogP contribution >= 0.6 is 15.9 Å². The van der Waals surface area contributed by atoms with Crippen molar-refractivity contribution in [2.45, 2.75) is 6.42 Å². The van der Waals surface area contributed by atoms with Crippen LogP contribution in [0, 0.1) is 0 Å². The lowest BCUT2D eigenvalue weighted by Crippen LogP contribution is -2.07. The molecule has 0 atom stereocenters. The topological polar surface area (TPSA) is 56.0 Å². The minimum atomic E-state index is 0.0252. The second-order valence-electron chi connectivity index (χ2n) is 3.63. The smallest absolute Gasteiger partial charge is 0.168 e. The molecule has 0 spiro atoms. The highest BCUT2D eigenvalue weighted by Crippen LogP contribution is 2.19. The number of nitrogen functional groups attached to an aromatic ring is 1. The van der Waals surface area contributed by atoms with E-state index in [4.69, 9.17) is 5.73 Å². The summed E-state index contributed by atoms with van der Waals surface area (Å²) in [7, 11) is 0. The molecule has 0 aliphatic heterocycles. The molecule has 1 heterocycles. The lowest BCUT2D eigenvalue weighted by Gasteiger charge is -2.05.